The van der Waals surface area contributed by atoms with Gasteiger partial charge in [-0.15, -0.1) is 0 Å². The summed E-state index contributed by atoms with van der Waals surface area (Å²) in [4.78, 5) is 56.2. The molecule has 8 heteroatoms. The first-order chi connectivity index (χ1) is 14.2. The number of fused-ring (bicyclic) bond motifs is 6. The van der Waals surface area contributed by atoms with E-state index in [9.17, 15) is 19.2 Å². The van der Waals surface area contributed by atoms with Crippen LogP contribution in [0.1, 0.15) is 29.5 Å². The molecule has 156 valence electrons. The van der Waals surface area contributed by atoms with E-state index in [1.54, 1.807) is 0 Å². The Morgan fingerprint density at radius 1 is 1.00 bits per heavy atom. The fourth-order valence-electron chi connectivity index (χ4n) is 5.43. The van der Waals surface area contributed by atoms with E-state index in [1.165, 1.54) is 14.1 Å². The lowest BCUT2D eigenvalue weighted by Gasteiger charge is -2.50. The van der Waals surface area contributed by atoms with Crippen molar-refractivity contribution in [3.8, 4) is 0 Å². The molecule has 1 aromatic heterocycles. The third-order valence-corrected chi connectivity index (χ3v) is 7.10. The molecule has 0 bridgehead atoms. The highest BCUT2D eigenvalue weighted by Gasteiger charge is 2.64. The second-order valence-electron chi connectivity index (χ2n) is 8.66. The number of nitrogens with zero attached hydrogens (tertiary/aromatic N) is 3. The van der Waals surface area contributed by atoms with Crippen LogP contribution in [0.5, 0.6) is 0 Å². The number of urea groups is 1. The zero-order valence-corrected chi connectivity index (χ0v) is 17.4. The van der Waals surface area contributed by atoms with Gasteiger partial charge in [0, 0.05) is 32.4 Å². The number of carbonyl (C=O) groups is 3. The number of carbonyl (C=O) groups excluding carboxylic acids is 3. The van der Waals surface area contributed by atoms with Gasteiger partial charge in [0.1, 0.15) is 5.58 Å². The molecule has 1 spiro atoms. The predicted molar refractivity (Wildman–Crippen MR) is 109 cm³/mol. The fourth-order valence-corrected chi connectivity index (χ4v) is 5.43. The fraction of sp³-hybridized carbons (Fsp3) is 0.455. The average Bonchev–Trinajstić information content (AvgIpc) is 3.21. The van der Waals surface area contributed by atoms with Gasteiger partial charge in [-0.2, -0.15) is 0 Å². The molecule has 30 heavy (non-hydrogen) atoms. The van der Waals surface area contributed by atoms with Gasteiger partial charge >= 0.3 is 11.7 Å². The van der Waals surface area contributed by atoms with Crippen molar-refractivity contribution in [2.24, 2.45) is 5.41 Å². The third-order valence-electron chi connectivity index (χ3n) is 7.10. The molecule has 2 saturated heterocycles. The highest BCUT2D eigenvalue weighted by atomic mass is 16.4. The van der Waals surface area contributed by atoms with Gasteiger partial charge in [0.25, 0.3) is 0 Å². The van der Waals surface area contributed by atoms with Crippen LogP contribution in [-0.2, 0) is 16.0 Å². The molecule has 4 heterocycles. The smallest absolute Gasteiger partial charge is 0.341 e. The number of aryl methyl sites for hydroxylation is 2. The van der Waals surface area contributed by atoms with Crippen LogP contribution in [0, 0.1) is 19.3 Å². The molecule has 8 nitrogen and oxygen atoms in total. The van der Waals surface area contributed by atoms with Crippen molar-refractivity contribution in [2.75, 3.05) is 25.5 Å². The van der Waals surface area contributed by atoms with Crippen LogP contribution < -0.4 is 10.5 Å². The van der Waals surface area contributed by atoms with Crippen LogP contribution in [0.4, 0.5) is 10.5 Å². The summed E-state index contributed by atoms with van der Waals surface area (Å²) in [7, 11) is 2.78. The topological polar surface area (TPSA) is 91.1 Å². The summed E-state index contributed by atoms with van der Waals surface area (Å²) < 4.78 is 5.62. The summed E-state index contributed by atoms with van der Waals surface area (Å²) in [5.74, 6) is -1.09. The Morgan fingerprint density at radius 3 is 2.30 bits per heavy atom. The molecule has 3 aliphatic rings. The minimum Gasteiger partial charge on any atom is -0.422 e. The van der Waals surface area contributed by atoms with Gasteiger partial charge in [0.05, 0.1) is 17.3 Å². The van der Waals surface area contributed by atoms with Gasteiger partial charge in [-0.1, -0.05) is 0 Å². The summed E-state index contributed by atoms with van der Waals surface area (Å²) in [5, 5.41) is 0.822. The number of benzene rings is 1. The average molecular weight is 409 g/mol. The number of imide groups is 2. The van der Waals surface area contributed by atoms with E-state index in [2.05, 4.69) is 0 Å². The highest BCUT2D eigenvalue weighted by molar-refractivity contribution is 6.20. The molecule has 1 aromatic carbocycles. The Hall–Kier alpha value is -3.16. The van der Waals surface area contributed by atoms with Crippen molar-refractivity contribution in [3.63, 3.8) is 0 Å². The molecular weight excluding hydrogens is 386 g/mol. The Balaban J connectivity index is 1.82. The van der Waals surface area contributed by atoms with Crippen LogP contribution in [0.15, 0.2) is 21.3 Å². The van der Waals surface area contributed by atoms with E-state index in [4.69, 9.17) is 4.42 Å². The Morgan fingerprint density at radius 2 is 1.63 bits per heavy atom. The number of barbiturate groups is 1. The van der Waals surface area contributed by atoms with Crippen molar-refractivity contribution < 1.29 is 18.8 Å². The summed E-state index contributed by atoms with van der Waals surface area (Å²) in [5.41, 5.74) is 1.67. The van der Waals surface area contributed by atoms with Gasteiger partial charge in [-0.25, -0.2) is 9.59 Å². The molecule has 1 atom stereocenters. The van der Waals surface area contributed by atoms with E-state index >= 15 is 0 Å². The maximum atomic E-state index is 13.4. The number of hydrogen-bond acceptors (Lipinski definition) is 6. The maximum absolute atomic E-state index is 13.4. The zero-order chi connectivity index (χ0) is 21.5. The molecule has 0 saturated carbocycles. The molecule has 0 radical (unpaired) electrons. The van der Waals surface area contributed by atoms with E-state index < -0.39 is 34.9 Å². The largest absolute Gasteiger partial charge is 0.422 e. The molecule has 5 rings (SSSR count). The van der Waals surface area contributed by atoms with Gasteiger partial charge in [-0.3, -0.25) is 19.4 Å². The quantitative estimate of drug-likeness (QED) is 0.488. The van der Waals surface area contributed by atoms with Gasteiger partial charge < -0.3 is 9.32 Å². The first-order valence-electron chi connectivity index (χ1n) is 10.1. The van der Waals surface area contributed by atoms with E-state index in [-0.39, 0.29) is 6.42 Å². The molecule has 0 aliphatic carbocycles. The summed E-state index contributed by atoms with van der Waals surface area (Å²) >= 11 is 0. The third kappa shape index (κ3) is 2.11. The zero-order valence-electron chi connectivity index (χ0n) is 17.4. The molecule has 2 aromatic rings. The Bertz CT molecular complexity index is 1190. The normalized spacial score (nSPS) is 22.9. The van der Waals surface area contributed by atoms with Crippen LogP contribution >= 0.6 is 0 Å². The van der Waals surface area contributed by atoms with Crippen LogP contribution in [0.3, 0.4) is 0 Å². The lowest BCUT2D eigenvalue weighted by atomic mass is 9.68. The number of anilines is 1. The van der Waals surface area contributed by atoms with Gasteiger partial charge in [-0.05, 0) is 49.9 Å². The predicted octanol–water partition coefficient (Wildman–Crippen LogP) is 1.97. The standard InChI is InChI=1S/C22H23N3O5/c1-11-8-13-15(9-12(11)2)30-18(26)14-10-22(16-6-5-7-25(16)17(13)14)19(27)23(3)21(29)24(4)20(22)28/h8-9,16H,5-7,10H2,1-4H3. The summed E-state index contributed by atoms with van der Waals surface area (Å²) in [6, 6.07) is 2.81. The number of hydrogen-bond donors (Lipinski definition) is 0. The molecule has 4 amide bonds. The first kappa shape index (κ1) is 18.8. The second-order valence-corrected chi connectivity index (χ2v) is 8.66. The van der Waals surface area contributed by atoms with Crippen molar-refractivity contribution in [3.05, 3.63) is 39.2 Å². The molecule has 3 aliphatic heterocycles. The van der Waals surface area contributed by atoms with Crippen molar-refractivity contribution in [1.82, 2.24) is 9.80 Å². The van der Waals surface area contributed by atoms with E-state index in [1.807, 2.05) is 30.9 Å². The molecule has 0 N–H and O–H groups in total. The Kier molecular flexibility index (Phi) is 3.73. The Labute approximate surface area is 173 Å². The van der Waals surface area contributed by atoms with Crippen molar-refractivity contribution >= 4 is 34.5 Å². The van der Waals surface area contributed by atoms with Crippen LogP contribution in [-0.4, -0.2) is 54.3 Å². The van der Waals surface area contributed by atoms with Crippen molar-refractivity contribution in [2.45, 2.75) is 39.2 Å². The van der Waals surface area contributed by atoms with Crippen LogP contribution in [0.25, 0.3) is 11.0 Å². The lowest BCUT2D eigenvalue weighted by Crippen LogP contribution is -2.70. The molecule has 2 fully saturated rings. The molecular formula is C22H23N3O5. The maximum Gasteiger partial charge on any atom is 0.341 e. The summed E-state index contributed by atoms with van der Waals surface area (Å²) in [6.45, 7) is 4.60. The minimum atomic E-state index is -1.50. The van der Waals surface area contributed by atoms with Gasteiger partial charge in [0.15, 0.2) is 5.41 Å². The van der Waals surface area contributed by atoms with Gasteiger partial charge in [0.2, 0.25) is 11.8 Å². The van der Waals surface area contributed by atoms with E-state index in [0.29, 0.717) is 24.1 Å². The van der Waals surface area contributed by atoms with Crippen LogP contribution in [0.2, 0.25) is 0 Å². The molecule has 1 unspecified atom stereocenters. The lowest BCUT2D eigenvalue weighted by molar-refractivity contribution is -0.159. The van der Waals surface area contributed by atoms with Crippen molar-refractivity contribution in [1.29, 1.82) is 0 Å². The highest BCUT2D eigenvalue weighted by Crippen LogP contribution is 2.50. The number of amides is 4. The monoisotopic (exact) mass is 409 g/mol. The first-order valence-corrected chi connectivity index (χ1v) is 10.1. The number of rotatable bonds is 0. The SMILES string of the molecule is Cc1cc2oc(=O)c3c(c2cc1C)N1CCCC1C1(C3)C(=O)N(C)C(=O)N(C)C1=O. The minimum absolute atomic E-state index is 0.0612. The summed E-state index contributed by atoms with van der Waals surface area (Å²) in [6.07, 6.45) is 1.37. The second kappa shape index (κ2) is 5.93. The van der Waals surface area contributed by atoms with E-state index in [0.717, 1.165) is 38.4 Å².